The predicted molar refractivity (Wildman–Crippen MR) is 116 cm³/mol. The number of nitrogens with one attached hydrogen (secondary N) is 2. The number of benzene rings is 3. The van der Waals surface area contributed by atoms with Crippen LogP contribution >= 0.6 is 0 Å². The molecule has 3 aromatic carbocycles. The number of hydrazine groups is 1. The van der Waals surface area contributed by atoms with Crippen molar-refractivity contribution in [3.8, 4) is 5.75 Å². The lowest BCUT2D eigenvalue weighted by atomic mass is 10.1. The zero-order chi connectivity index (χ0) is 23.1. The van der Waals surface area contributed by atoms with Crippen molar-refractivity contribution in [1.29, 1.82) is 0 Å². The molecule has 0 aliphatic rings. The second kappa shape index (κ2) is 10.1. The molecule has 0 bridgehead atoms. The zero-order valence-corrected chi connectivity index (χ0v) is 17.9. The number of carbonyl (C=O) groups excluding carboxylic acids is 2. The van der Waals surface area contributed by atoms with Gasteiger partial charge in [0.1, 0.15) is 0 Å². The fourth-order valence-corrected chi connectivity index (χ4v) is 4.17. The van der Waals surface area contributed by atoms with Crippen LogP contribution in [0.15, 0.2) is 83.8 Å². The first-order valence-corrected chi connectivity index (χ1v) is 11.3. The number of carbonyl (C=O) groups is 2. The second-order valence-electron chi connectivity index (χ2n) is 6.91. The van der Waals surface area contributed by atoms with Gasteiger partial charge in [-0.15, -0.1) is 0 Å². The third-order valence-electron chi connectivity index (χ3n) is 4.46. The number of amides is 2. The lowest BCUT2D eigenvalue weighted by Crippen LogP contribution is -2.47. The molecule has 0 saturated heterocycles. The number of hydrogen-bond donors (Lipinski definition) is 2. The van der Waals surface area contributed by atoms with Crippen LogP contribution in [-0.4, -0.2) is 26.3 Å². The molecule has 3 rings (SSSR count). The lowest BCUT2D eigenvalue weighted by molar-refractivity contribution is -0.128. The number of para-hydroxylation sites is 1. The number of rotatable bonds is 7. The van der Waals surface area contributed by atoms with E-state index in [1.807, 2.05) is 0 Å². The Hall–Kier alpha value is -3.72. The maximum absolute atomic E-state index is 13.6. The third-order valence-corrected chi connectivity index (χ3v) is 6.16. The molecule has 0 aliphatic heterocycles. The molecule has 1 atom stereocenters. The summed E-state index contributed by atoms with van der Waals surface area (Å²) in [4.78, 5) is 24.7. The first-order valence-electron chi connectivity index (χ1n) is 9.64. The Labute approximate surface area is 185 Å². The Kier molecular flexibility index (Phi) is 7.21. The monoisotopic (exact) mass is 456 g/mol. The molecule has 166 valence electrons. The average molecular weight is 456 g/mol. The van der Waals surface area contributed by atoms with E-state index in [1.54, 1.807) is 36.4 Å². The molecule has 0 saturated carbocycles. The summed E-state index contributed by atoms with van der Waals surface area (Å²) >= 11 is 0. The molecule has 0 aromatic heterocycles. The molecule has 3 aromatic rings. The molecular weight excluding hydrogens is 435 g/mol. The Morgan fingerprint density at radius 2 is 1.62 bits per heavy atom. The quantitative estimate of drug-likeness (QED) is 0.532. The van der Waals surface area contributed by atoms with Crippen LogP contribution in [0.3, 0.4) is 0 Å². The van der Waals surface area contributed by atoms with Crippen molar-refractivity contribution in [3.05, 3.63) is 95.8 Å². The normalized spacial score (nSPS) is 11.9. The fourth-order valence-electron chi connectivity index (χ4n) is 2.81. The minimum absolute atomic E-state index is 0.0891. The summed E-state index contributed by atoms with van der Waals surface area (Å²) < 4.78 is 44.0. The van der Waals surface area contributed by atoms with Gasteiger partial charge < -0.3 is 4.74 Å². The third kappa shape index (κ3) is 5.92. The number of ether oxygens (including phenoxy) is 1. The van der Waals surface area contributed by atoms with E-state index in [1.165, 1.54) is 49.4 Å². The molecular formula is C23H21FN2O5S. The average Bonchev–Trinajstić information content (AvgIpc) is 2.79. The van der Waals surface area contributed by atoms with Gasteiger partial charge in [-0.3, -0.25) is 20.4 Å². The topological polar surface area (TPSA) is 102 Å². The molecule has 1 unspecified atom stereocenters. The Balaban J connectivity index is 1.60. The Morgan fingerprint density at radius 3 is 2.34 bits per heavy atom. The van der Waals surface area contributed by atoms with Gasteiger partial charge in [0.2, 0.25) is 0 Å². The SMILES string of the molecule is CC(Oc1ccccc1F)C(=O)NNC(=O)c1cccc(CS(=O)(=O)c2ccccc2)c1. The molecule has 7 nitrogen and oxygen atoms in total. The molecule has 2 amide bonds. The highest BCUT2D eigenvalue weighted by Crippen LogP contribution is 2.18. The van der Waals surface area contributed by atoms with Gasteiger partial charge in [-0.05, 0) is 48.9 Å². The van der Waals surface area contributed by atoms with Crippen LogP contribution < -0.4 is 15.6 Å². The summed E-state index contributed by atoms with van der Waals surface area (Å²) in [6, 6.07) is 19.7. The highest BCUT2D eigenvalue weighted by molar-refractivity contribution is 7.90. The molecule has 0 heterocycles. The highest BCUT2D eigenvalue weighted by atomic mass is 32.2. The van der Waals surface area contributed by atoms with Crippen molar-refractivity contribution in [2.45, 2.75) is 23.7 Å². The minimum atomic E-state index is -3.57. The number of sulfone groups is 1. The largest absolute Gasteiger partial charge is 0.478 e. The smallest absolute Gasteiger partial charge is 0.279 e. The first-order chi connectivity index (χ1) is 15.3. The van der Waals surface area contributed by atoms with E-state index in [0.29, 0.717) is 5.56 Å². The van der Waals surface area contributed by atoms with E-state index in [4.69, 9.17) is 4.74 Å². The van der Waals surface area contributed by atoms with Crippen molar-refractivity contribution in [2.24, 2.45) is 0 Å². The maximum atomic E-state index is 13.6. The predicted octanol–water partition coefficient (Wildman–Crippen LogP) is 3.03. The summed E-state index contributed by atoms with van der Waals surface area (Å²) in [7, 11) is -3.57. The highest BCUT2D eigenvalue weighted by Gasteiger charge is 2.19. The maximum Gasteiger partial charge on any atom is 0.279 e. The van der Waals surface area contributed by atoms with E-state index in [0.717, 1.165) is 0 Å². The van der Waals surface area contributed by atoms with E-state index >= 15 is 0 Å². The standard InChI is InChI=1S/C23H21FN2O5S/c1-16(31-21-13-6-5-12-20(21)24)22(27)25-26-23(28)18-9-7-8-17(14-18)15-32(29,30)19-10-3-2-4-11-19/h2-14,16H,15H2,1H3,(H,25,27)(H,26,28). The van der Waals surface area contributed by atoms with Gasteiger partial charge in [-0.2, -0.15) is 0 Å². The van der Waals surface area contributed by atoms with Gasteiger partial charge in [-0.25, -0.2) is 12.8 Å². The van der Waals surface area contributed by atoms with Crippen molar-refractivity contribution in [2.75, 3.05) is 0 Å². The van der Waals surface area contributed by atoms with Crippen molar-refractivity contribution >= 4 is 21.7 Å². The Bertz CT molecular complexity index is 1220. The first kappa shape index (κ1) is 23.0. The van der Waals surface area contributed by atoms with Crippen LogP contribution in [0, 0.1) is 5.82 Å². The van der Waals surface area contributed by atoms with Crippen molar-refractivity contribution in [1.82, 2.24) is 10.9 Å². The molecule has 0 radical (unpaired) electrons. The van der Waals surface area contributed by atoms with E-state index in [9.17, 15) is 22.4 Å². The number of halogens is 1. The molecule has 2 N–H and O–H groups in total. The van der Waals surface area contributed by atoms with Crippen LogP contribution in [-0.2, 0) is 20.4 Å². The summed E-state index contributed by atoms with van der Waals surface area (Å²) in [5, 5.41) is 0. The van der Waals surface area contributed by atoms with Gasteiger partial charge in [0.15, 0.2) is 27.5 Å². The Morgan fingerprint density at radius 1 is 0.938 bits per heavy atom. The summed E-state index contributed by atoms with van der Waals surface area (Å²) in [6.45, 7) is 1.41. The molecule has 0 fully saturated rings. The van der Waals surface area contributed by atoms with Crippen LogP contribution in [0.25, 0.3) is 0 Å². The van der Waals surface area contributed by atoms with E-state index < -0.39 is 33.6 Å². The van der Waals surface area contributed by atoms with Crippen molar-refractivity contribution < 1.29 is 27.1 Å². The molecule has 0 aliphatic carbocycles. The summed E-state index contributed by atoms with van der Waals surface area (Å²) in [6.07, 6.45) is -1.07. The summed E-state index contributed by atoms with van der Waals surface area (Å²) in [5.74, 6) is -2.31. The van der Waals surface area contributed by atoms with E-state index in [-0.39, 0.29) is 22.0 Å². The number of hydrogen-bond acceptors (Lipinski definition) is 5. The molecule has 32 heavy (non-hydrogen) atoms. The lowest BCUT2D eigenvalue weighted by Gasteiger charge is -2.15. The van der Waals surface area contributed by atoms with E-state index in [2.05, 4.69) is 10.9 Å². The second-order valence-corrected chi connectivity index (χ2v) is 8.90. The van der Waals surface area contributed by atoms with Crippen molar-refractivity contribution in [3.63, 3.8) is 0 Å². The molecule has 9 heteroatoms. The van der Waals surface area contributed by atoms with Crippen LogP contribution in [0.5, 0.6) is 5.75 Å². The van der Waals surface area contributed by atoms with Crippen LogP contribution in [0.2, 0.25) is 0 Å². The minimum Gasteiger partial charge on any atom is -0.478 e. The van der Waals surface area contributed by atoms with Gasteiger partial charge in [-0.1, -0.05) is 42.5 Å². The summed E-state index contributed by atoms with van der Waals surface area (Å²) in [5.41, 5.74) is 5.03. The van der Waals surface area contributed by atoms with Gasteiger partial charge in [0.05, 0.1) is 10.6 Å². The van der Waals surface area contributed by atoms with Gasteiger partial charge in [0.25, 0.3) is 11.8 Å². The van der Waals surface area contributed by atoms with Gasteiger partial charge in [0, 0.05) is 5.56 Å². The molecule has 0 spiro atoms. The van der Waals surface area contributed by atoms with Crippen LogP contribution in [0.1, 0.15) is 22.8 Å². The fraction of sp³-hybridized carbons (Fsp3) is 0.130. The zero-order valence-electron chi connectivity index (χ0n) is 17.1. The van der Waals surface area contributed by atoms with Crippen LogP contribution in [0.4, 0.5) is 4.39 Å². The van der Waals surface area contributed by atoms with Gasteiger partial charge >= 0.3 is 0 Å².